The lowest BCUT2D eigenvalue weighted by Gasteiger charge is -1.78. The lowest BCUT2D eigenvalue weighted by atomic mass is 11.6. The Hall–Kier alpha value is 0.260. The number of aromatic nitrogens is 2. The van der Waals surface area contributed by atoms with Crippen molar-refractivity contribution in [3.63, 3.8) is 0 Å². The molecule has 9 heavy (non-hydrogen) atoms. The highest BCUT2D eigenvalue weighted by Gasteiger charge is 1.98. The van der Waals surface area contributed by atoms with Gasteiger partial charge in [-0.15, -0.1) is 10.2 Å². The van der Waals surface area contributed by atoms with Gasteiger partial charge in [-0.2, -0.15) is 0 Å². The molecule has 2 nitrogen and oxygen atoms in total. The summed E-state index contributed by atoms with van der Waals surface area (Å²) >= 11 is 4.91. The molecule has 0 unspecified atom stereocenters. The highest BCUT2D eigenvalue weighted by atomic mass is 32.2. The van der Waals surface area contributed by atoms with Gasteiger partial charge in [-0.05, 0) is 12.5 Å². The Morgan fingerprint density at radius 1 is 1.11 bits per heavy atom. The monoisotopic (exact) mass is 178 g/mol. The molecule has 0 amide bonds. The fourth-order valence-electron chi connectivity index (χ4n) is 0.362. The molecule has 0 fully saturated rings. The normalized spacial score (nSPS) is 10.0. The van der Waals surface area contributed by atoms with E-state index < -0.39 is 0 Å². The van der Waals surface area contributed by atoms with Crippen molar-refractivity contribution in [2.24, 2.45) is 0 Å². The van der Waals surface area contributed by atoms with Crippen molar-refractivity contribution < 1.29 is 0 Å². The molecule has 0 saturated carbocycles. The second-order valence-electron chi connectivity index (χ2n) is 1.24. The van der Waals surface area contributed by atoms with Crippen LogP contribution in [0.4, 0.5) is 0 Å². The van der Waals surface area contributed by atoms with Gasteiger partial charge in [0, 0.05) is 0 Å². The summed E-state index contributed by atoms with van der Waals surface area (Å²) in [6.07, 6.45) is 4.01. The van der Waals surface area contributed by atoms with E-state index in [1.807, 2.05) is 12.5 Å². The third kappa shape index (κ3) is 1.84. The van der Waals surface area contributed by atoms with Crippen molar-refractivity contribution in [3.8, 4) is 0 Å². The van der Waals surface area contributed by atoms with E-state index in [2.05, 4.69) is 10.2 Å². The SMILES string of the molecule is CSc1nnc(SC)s1. The van der Waals surface area contributed by atoms with Crippen LogP contribution in [-0.2, 0) is 0 Å². The third-order valence-electron chi connectivity index (χ3n) is 0.737. The zero-order chi connectivity index (χ0) is 6.69. The van der Waals surface area contributed by atoms with E-state index in [4.69, 9.17) is 0 Å². The first-order valence-electron chi connectivity index (χ1n) is 2.28. The first-order chi connectivity index (χ1) is 4.36. The van der Waals surface area contributed by atoms with E-state index in [-0.39, 0.29) is 0 Å². The Morgan fingerprint density at radius 3 is 1.78 bits per heavy atom. The van der Waals surface area contributed by atoms with Crippen molar-refractivity contribution >= 4 is 34.9 Å². The van der Waals surface area contributed by atoms with Crippen molar-refractivity contribution in [1.29, 1.82) is 0 Å². The van der Waals surface area contributed by atoms with Crippen molar-refractivity contribution in [2.75, 3.05) is 12.5 Å². The summed E-state index contributed by atoms with van der Waals surface area (Å²) in [6, 6.07) is 0. The predicted octanol–water partition coefficient (Wildman–Crippen LogP) is 1.98. The second kappa shape index (κ2) is 3.43. The largest absolute Gasteiger partial charge is 0.174 e. The fraction of sp³-hybridized carbons (Fsp3) is 0.500. The van der Waals surface area contributed by atoms with Crippen LogP contribution in [0.15, 0.2) is 8.68 Å². The Morgan fingerprint density at radius 2 is 1.56 bits per heavy atom. The van der Waals surface area contributed by atoms with Crippen LogP contribution < -0.4 is 0 Å². The summed E-state index contributed by atoms with van der Waals surface area (Å²) in [4.78, 5) is 0. The molecule has 0 aliphatic rings. The van der Waals surface area contributed by atoms with Crippen LogP contribution in [0.5, 0.6) is 0 Å². The van der Waals surface area contributed by atoms with Crippen LogP contribution in [-0.4, -0.2) is 22.7 Å². The molecule has 0 aromatic carbocycles. The summed E-state index contributed by atoms with van der Waals surface area (Å²) in [5.41, 5.74) is 0. The molecule has 0 aliphatic heterocycles. The minimum absolute atomic E-state index is 1.04. The van der Waals surface area contributed by atoms with Crippen LogP contribution in [0.1, 0.15) is 0 Å². The minimum Gasteiger partial charge on any atom is -0.131 e. The highest BCUT2D eigenvalue weighted by Crippen LogP contribution is 2.25. The predicted molar refractivity (Wildman–Crippen MR) is 43.5 cm³/mol. The van der Waals surface area contributed by atoms with Crippen LogP contribution >= 0.6 is 34.9 Å². The van der Waals surface area contributed by atoms with Gasteiger partial charge >= 0.3 is 0 Å². The van der Waals surface area contributed by atoms with Gasteiger partial charge in [0.1, 0.15) is 0 Å². The minimum atomic E-state index is 1.04. The molecule has 1 aromatic rings. The molecule has 0 spiro atoms. The topological polar surface area (TPSA) is 25.8 Å². The molecule has 0 N–H and O–H groups in total. The van der Waals surface area contributed by atoms with Gasteiger partial charge in [-0.25, -0.2) is 0 Å². The lowest BCUT2D eigenvalue weighted by Crippen LogP contribution is -1.67. The van der Waals surface area contributed by atoms with Gasteiger partial charge in [-0.1, -0.05) is 34.9 Å². The lowest BCUT2D eigenvalue weighted by molar-refractivity contribution is 0.957. The maximum Gasteiger partial charge on any atom is 0.174 e. The number of rotatable bonds is 2. The van der Waals surface area contributed by atoms with Crippen molar-refractivity contribution in [2.45, 2.75) is 8.68 Å². The van der Waals surface area contributed by atoms with E-state index in [1.54, 1.807) is 34.9 Å². The first kappa shape index (κ1) is 7.37. The van der Waals surface area contributed by atoms with E-state index in [9.17, 15) is 0 Å². The second-order valence-corrected chi connectivity index (χ2v) is 4.33. The summed E-state index contributed by atoms with van der Waals surface area (Å²) in [5, 5.41) is 7.83. The average molecular weight is 178 g/mol. The summed E-state index contributed by atoms with van der Waals surface area (Å²) in [5.74, 6) is 0. The smallest absolute Gasteiger partial charge is 0.131 e. The van der Waals surface area contributed by atoms with Gasteiger partial charge in [0.25, 0.3) is 0 Å². The molecule has 5 heteroatoms. The zero-order valence-corrected chi connectivity index (χ0v) is 7.57. The molecule has 0 saturated heterocycles. The maximum atomic E-state index is 3.92. The van der Waals surface area contributed by atoms with Crippen LogP contribution in [0.2, 0.25) is 0 Å². The number of thioether (sulfide) groups is 2. The first-order valence-corrected chi connectivity index (χ1v) is 5.55. The van der Waals surface area contributed by atoms with Crippen LogP contribution in [0, 0.1) is 0 Å². The van der Waals surface area contributed by atoms with Crippen LogP contribution in [0.25, 0.3) is 0 Å². The van der Waals surface area contributed by atoms with Gasteiger partial charge in [0.2, 0.25) is 0 Å². The molecule has 1 aromatic heterocycles. The summed E-state index contributed by atoms with van der Waals surface area (Å²) < 4.78 is 2.08. The average Bonchev–Trinajstić information content (AvgIpc) is 2.34. The van der Waals surface area contributed by atoms with Gasteiger partial charge < -0.3 is 0 Å². The fourth-order valence-corrected chi connectivity index (χ4v) is 2.22. The molecule has 1 heterocycles. The Bertz CT molecular complexity index is 167. The molecule has 0 bridgehead atoms. The van der Waals surface area contributed by atoms with Crippen LogP contribution in [0.3, 0.4) is 0 Å². The van der Waals surface area contributed by atoms with E-state index >= 15 is 0 Å². The molecule has 0 aliphatic carbocycles. The van der Waals surface area contributed by atoms with Gasteiger partial charge in [0.15, 0.2) is 8.68 Å². The highest BCUT2D eigenvalue weighted by molar-refractivity contribution is 8.02. The molecule has 1 rings (SSSR count). The standard InChI is InChI=1S/C4H6N2S3/c1-7-3-5-6-4(8-2)9-3/h1-2H3. The summed E-state index contributed by atoms with van der Waals surface area (Å²) in [6.45, 7) is 0. The quantitative estimate of drug-likeness (QED) is 0.647. The molecule has 0 atom stereocenters. The van der Waals surface area contributed by atoms with Crippen molar-refractivity contribution in [1.82, 2.24) is 10.2 Å². The molecular weight excluding hydrogens is 172 g/mol. The molecular formula is C4H6N2S3. The molecule has 0 radical (unpaired) electrons. The van der Waals surface area contributed by atoms with Gasteiger partial charge in [0.05, 0.1) is 0 Å². The Balaban J connectivity index is 2.74. The molecule has 50 valence electrons. The van der Waals surface area contributed by atoms with E-state index in [0.29, 0.717) is 0 Å². The number of hydrogen-bond donors (Lipinski definition) is 0. The van der Waals surface area contributed by atoms with E-state index in [1.165, 1.54) is 0 Å². The van der Waals surface area contributed by atoms with Gasteiger partial charge in [-0.3, -0.25) is 0 Å². The maximum absolute atomic E-state index is 3.92. The Labute approximate surface area is 66.5 Å². The number of nitrogens with zero attached hydrogens (tertiary/aromatic N) is 2. The van der Waals surface area contributed by atoms with E-state index in [0.717, 1.165) is 8.68 Å². The third-order valence-corrected chi connectivity index (χ3v) is 3.61. The van der Waals surface area contributed by atoms with Crippen molar-refractivity contribution in [3.05, 3.63) is 0 Å². The Kier molecular flexibility index (Phi) is 2.81. The summed E-state index contributed by atoms with van der Waals surface area (Å²) in [7, 11) is 0. The zero-order valence-electron chi connectivity index (χ0n) is 5.12. The number of hydrogen-bond acceptors (Lipinski definition) is 5.